The number of imidazole rings is 1. The van der Waals surface area contributed by atoms with E-state index < -0.39 is 0 Å². The second kappa shape index (κ2) is 7.34. The fraction of sp³-hybridized carbons (Fsp3) is 0.233. The van der Waals surface area contributed by atoms with Gasteiger partial charge in [0.2, 0.25) is 0 Å². The molecule has 0 amide bonds. The highest BCUT2D eigenvalue weighted by Crippen LogP contribution is 2.33. The van der Waals surface area contributed by atoms with Crippen LogP contribution in [0.3, 0.4) is 0 Å². The molecule has 0 saturated heterocycles. The minimum Gasteiger partial charge on any atom is -0.225 e. The summed E-state index contributed by atoms with van der Waals surface area (Å²) in [6.07, 6.45) is 0. The SMILES string of the molecule is Cc1ccc2c(c1)n(C)c(-c1cc(C(C)(C)C)ccc1C)[n+]2-c1cccc2ccccc12. The largest absolute Gasteiger partial charge is 0.295 e. The molecule has 2 nitrogen and oxygen atoms in total. The van der Waals surface area contributed by atoms with E-state index in [1.165, 1.54) is 55.6 Å². The lowest BCUT2D eigenvalue weighted by Crippen LogP contribution is -2.33. The third-order valence-electron chi connectivity index (χ3n) is 6.61. The van der Waals surface area contributed by atoms with Crippen LogP contribution >= 0.6 is 0 Å². The Hall–Kier alpha value is -3.39. The van der Waals surface area contributed by atoms with Crippen LogP contribution in [0.1, 0.15) is 37.5 Å². The molecule has 5 rings (SSSR count). The van der Waals surface area contributed by atoms with E-state index >= 15 is 0 Å². The van der Waals surface area contributed by atoms with Crippen LogP contribution in [0.25, 0.3) is 38.9 Å². The van der Waals surface area contributed by atoms with Gasteiger partial charge in [0.1, 0.15) is 5.69 Å². The molecule has 0 aliphatic rings. The average Bonchev–Trinajstić information content (AvgIpc) is 3.04. The summed E-state index contributed by atoms with van der Waals surface area (Å²) in [5.41, 5.74) is 8.97. The zero-order valence-corrected chi connectivity index (χ0v) is 19.9. The van der Waals surface area contributed by atoms with Crippen LogP contribution in [0.4, 0.5) is 0 Å². The van der Waals surface area contributed by atoms with Gasteiger partial charge in [0.05, 0.1) is 12.6 Å². The van der Waals surface area contributed by atoms with Gasteiger partial charge in [0.25, 0.3) is 5.82 Å². The predicted molar refractivity (Wildman–Crippen MR) is 136 cm³/mol. The monoisotopic (exact) mass is 419 g/mol. The standard InChI is InChI=1S/C30H31N2/c1-20-14-17-27-28(18-20)31(6)29(25-19-23(30(3,4)5)16-15-21(25)2)32(27)26-13-9-11-22-10-7-8-12-24(22)26/h7-19H,1-6H3/q+1. The zero-order chi connectivity index (χ0) is 22.6. The molecule has 0 radical (unpaired) electrons. The lowest BCUT2D eigenvalue weighted by atomic mass is 9.85. The summed E-state index contributed by atoms with van der Waals surface area (Å²) in [6.45, 7) is 11.2. The van der Waals surface area contributed by atoms with Crippen molar-refractivity contribution in [1.29, 1.82) is 0 Å². The minimum absolute atomic E-state index is 0.0912. The van der Waals surface area contributed by atoms with Crippen molar-refractivity contribution in [3.8, 4) is 17.1 Å². The second-order valence-electron chi connectivity index (χ2n) is 9.99. The first kappa shape index (κ1) is 20.5. The van der Waals surface area contributed by atoms with E-state index in [4.69, 9.17) is 0 Å². The Morgan fingerprint density at radius 1 is 0.781 bits per heavy atom. The molecule has 1 heterocycles. The van der Waals surface area contributed by atoms with Crippen molar-refractivity contribution in [1.82, 2.24) is 4.57 Å². The van der Waals surface area contributed by atoms with Crippen molar-refractivity contribution in [3.63, 3.8) is 0 Å². The number of hydrogen-bond acceptors (Lipinski definition) is 0. The molecule has 32 heavy (non-hydrogen) atoms. The second-order valence-corrected chi connectivity index (χ2v) is 9.99. The van der Waals surface area contributed by atoms with E-state index in [1.807, 2.05) is 0 Å². The number of aromatic nitrogens is 2. The summed E-state index contributed by atoms with van der Waals surface area (Å²) in [5, 5.41) is 2.52. The number of aryl methyl sites for hydroxylation is 3. The molecule has 0 atom stereocenters. The highest BCUT2D eigenvalue weighted by molar-refractivity contribution is 5.90. The molecule has 0 bridgehead atoms. The predicted octanol–water partition coefficient (Wildman–Crippen LogP) is 7.19. The topological polar surface area (TPSA) is 8.81 Å². The third kappa shape index (κ3) is 3.22. The summed E-state index contributed by atoms with van der Waals surface area (Å²) in [5.74, 6) is 1.21. The van der Waals surface area contributed by atoms with E-state index in [0.29, 0.717) is 0 Å². The first-order chi connectivity index (χ1) is 15.3. The summed E-state index contributed by atoms with van der Waals surface area (Å²) >= 11 is 0. The van der Waals surface area contributed by atoms with E-state index in [-0.39, 0.29) is 5.41 Å². The lowest BCUT2D eigenvalue weighted by Gasteiger charge is -2.20. The Balaban J connectivity index is 1.94. The Morgan fingerprint density at radius 3 is 2.31 bits per heavy atom. The molecule has 4 aromatic carbocycles. The van der Waals surface area contributed by atoms with Gasteiger partial charge in [0, 0.05) is 5.39 Å². The molecule has 0 fully saturated rings. The highest BCUT2D eigenvalue weighted by atomic mass is 15.2. The van der Waals surface area contributed by atoms with Crippen LogP contribution in [0.2, 0.25) is 0 Å². The van der Waals surface area contributed by atoms with Crippen LogP contribution in [0, 0.1) is 13.8 Å². The molecule has 0 unspecified atom stereocenters. The van der Waals surface area contributed by atoms with Crippen LogP contribution in [0.15, 0.2) is 78.9 Å². The summed E-state index contributed by atoms with van der Waals surface area (Å²) < 4.78 is 4.81. The van der Waals surface area contributed by atoms with Gasteiger partial charge < -0.3 is 0 Å². The Bertz CT molecular complexity index is 1470. The van der Waals surface area contributed by atoms with Gasteiger partial charge >= 0.3 is 0 Å². The quantitative estimate of drug-likeness (QED) is 0.268. The van der Waals surface area contributed by atoms with Crippen LogP contribution < -0.4 is 4.57 Å². The van der Waals surface area contributed by atoms with Crippen molar-refractivity contribution in [2.24, 2.45) is 7.05 Å². The van der Waals surface area contributed by atoms with Crippen molar-refractivity contribution in [2.45, 2.75) is 40.0 Å². The fourth-order valence-electron chi connectivity index (χ4n) is 4.75. The number of hydrogen-bond donors (Lipinski definition) is 0. The van der Waals surface area contributed by atoms with Gasteiger partial charge in [-0.1, -0.05) is 75.4 Å². The van der Waals surface area contributed by atoms with Gasteiger partial charge in [-0.3, -0.25) is 0 Å². The van der Waals surface area contributed by atoms with Gasteiger partial charge in [-0.05, 0) is 65.6 Å². The normalized spacial score (nSPS) is 12.1. The Morgan fingerprint density at radius 2 is 1.53 bits per heavy atom. The number of nitrogens with zero attached hydrogens (tertiary/aromatic N) is 2. The summed E-state index contributed by atoms with van der Waals surface area (Å²) in [7, 11) is 2.20. The van der Waals surface area contributed by atoms with Crippen molar-refractivity contribution >= 4 is 21.8 Å². The van der Waals surface area contributed by atoms with Crippen molar-refractivity contribution in [3.05, 3.63) is 95.6 Å². The molecule has 0 aliphatic heterocycles. The highest BCUT2D eigenvalue weighted by Gasteiger charge is 2.29. The lowest BCUT2D eigenvalue weighted by molar-refractivity contribution is -0.554. The maximum absolute atomic E-state index is 2.45. The Kier molecular flexibility index (Phi) is 4.70. The summed E-state index contributed by atoms with van der Waals surface area (Å²) in [6, 6.07) is 29.0. The molecular weight excluding hydrogens is 388 g/mol. The molecule has 0 spiro atoms. The molecule has 2 heteroatoms. The summed E-state index contributed by atoms with van der Waals surface area (Å²) in [4.78, 5) is 0. The molecule has 0 aliphatic carbocycles. The maximum atomic E-state index is 2.45. The van der Waals surface area contributed by atoms with Gasteiger partial charge in [0.15, 0.2) is 11.0 Å². The van der Waals surface area contributed by atoms with Crippen LogP contribution in [0.5, 0.6) is 0 Å². The van der Waals surface area contributed by atoms with Crippen LogP contribution in [-0.4, -0.2) is 4.57 Å². The molecular formula is C30H31N2+. The van der Waals surface area contributed by atoms with Crippen molar-refractivity contribution < 1.29 is 4.57 Å². The minimum atomic E-state index is 0.0912. The number of benzene rings is 4. The maximum Gasteiger partial charge on any atom is 0.295 e. The molecule has 160 valence electrons. The van der Waals surface area contributed by atoms with Gasteiger partial charge in [-0.15, -0.1) is 0 Å². The van der Waals surface area contributed by atoms with Crippen LogP contribution in [-0.2, 0) is 12.5 Å². The fourth-order valence-corrected chi connectivity index (χ4v) is 4.75. The smallest absolute Gasteiger partial charge is 0.225 e. The Labute approximate surface area is 190 Å². The van der Waals surface area contributed by atoms with E-state index in [2.05, 4.69) is 130 Å². The number of fused-ring (bicyclic) bond motifs is 2. The third-order valence-corrected chi connectivity index (χ3v) is 6.61. The van der Waals surface area contributed by atoms with E-state index in [0.717, 1.165) is 0 Å². The van der Waals surface area contributed by atoms with Crippen molar-refractivity contribution in [2.75, 3.05) is 0 Å². The molecule has 1 aromatic heterocycles. The zero-order valence-electron chi connectivity index (χ0n) is 19.9. The molecule has 0 N–H and O–H groups in total. The number of rotatable bonds is 2. The molecule has 0 saturated carbocycles. The first-order valence-electron chi connectivity index (χ1n) is 11.4. The van der Waals surface area contributed by atoms with Gasteiger partial charge in [-0.2, -0.15) is 4.57 Å². The van der Waals surface area contributed by atoms with E-state index in [9.17, 15) is 0 Å². The van der Waals surface area contributed by atoms with Gasteiger partial charge in [-0.25, -0.2) is 4.57 Å². The van der Waals surface area contributed by atoms with E-state index in [1.54, 1.807) is 0 Å². The average molecular weight is 420 g/mol. The first-order valence-corrected chi connectivity index (χ1v) is 11.4. The molecule has 5 aromatic rings.